The average molecular weight is 582 g/mol. The van der Waals surface area contributed by atoms with Gasteiger partial charge in [-0.3, -0.25) is 18.1 Å². The maximum absolute atomic E-state index is 13.4. The Kier molecular flexibility index (Phi) is 6.64. The van der Waals surface area contributed by atoms with Crippen molar-refractivity contribution >= 4 is 42.7 Å². The number of halogens is 1. The Bertz CT molecular complexity index is 1470. The number of benzene rings is 1. The van der Waals surface area contributed by atoms with Gasteiger partial charge in [-0.05, 0) is 31.5 Å². The Morgan fingerprint density at radius 1 is 1.33 bits per heavy atom. The Morgan fingerprint density at radius 3 is 2.97 bits per heavy atom. The Hall–Kier alpha value is -3.00. The molecule has 1 aromatic carbocycles. The average Bonchev–Trinajstić information content (AvgIpc) is 3.52. The minimum absolute atomic E-state index is 0.0362. The molecule has 6 rings (SSSR count). The van der Waals surface area contributed by atoms with Crippen LogP contribution in [0.4, 0.5) is 10.7 Å². The van der Waals surface area contributed by atoms with Crippen molar-refractivity contribution in [2.75, 3.05) is 25.6 Å². The summed E-state index contributed by atoms with van der Waals surface area (Å²) in [5, 5.41) is 0.526. The van der Waals surface area contributed by atoms with Crippen molar-refractivity contribution in [2.24, 2.45) is 0 Å². The van der Waals surface area contributed by atoms with E-state index in [1.54, 1.807) is 36.6 Å². The summed E-state index contributed by atoms with van der Waals surface area (Å²) in [5.41, 5.74) is 5.98. The molecule has 39 heavy (non-hydrogen) atoms. The molecule has 0 amide bonds. The second-order valence-corrected chi connectivity index (χ2v) is 11.3. The normalized spacial score (nSPS) is 32.1. The molecule has 6 atom stereocenters. The van der Waals surface area contributed by atoms with Gasteiger partial charge in [0.1, 0.15) is 6.10 Å². The fraction of sp³-hybridized carbons (Fsp3) is 0.478. The van der Waals surface area contributed by atoms with Crippen LogP contribution in [0.25, 0.3) is 11.2 Å². The van der Waals surface area contributed by atoms with Crippen LogP contribution in [0.1, 0.15) is 38.2 Å². The van der Waals surface area contributed by atoms with E-state index in [1.165, 1.54) is 6.33 Å². The van der Waals surface area contributed by atoms with Crippen LogP contribution in [0.15, 0.2) is 30.6 Å². The first-order valence-corrected chi connectivity index (χ1v) is 14.0. The van der Waals surface area contributed by atoms with Crippen molar-refractivity contribution in [2.45, 2.75) is 50.4 Å². The lowest BCUT2D eigenvalue weighted by molar-refractivity contribution is -0.0925. The molecular formula is C23H25ClN5O9P. The van der Waals surface area contributed by atoms with Gasteiger partial charge in [-0.25, -0.2) is 14.3 Å². The van der Waals surface area contributed by atoms with Gasteiger partial charge in [0.05, 0.1) is 32.3 Å². The summed E-state index contributed by atoms with van der Waals surface area (Å²) in [7, 11) is -3.99. The highest BCUT2D eigenvalue weighted by Crippen LogP contribution is 2.58. The highest BCUT2D eigenvalue weighted by atomic mass is 35.5. The number of anilines is 1. The summed E-state index contributed by atoms with van der Waals surface area (Å²) in [6, 6.07) is 7.06. The summed E-state index contributed by atoms with van der Waals surface area (Å²) in [6.07, 6.45) is -2.28. The Morgan fingerprint density at radius 2 is 2.18 bits per heavy atom. The summed E-state index contributed by atoms with van der Waals surface area (Å²) in [6.45, 7) is 3.64. The van der Waals surface area contributed by atoms with Gasteiger partial charge in [0.25, 0.3) is 0 Å². The van der Waals surface area contributed by atoms with E-state index in [0.717, 1.165) is 5.56 Å². The number of hydrogen-bond donors (Lipinski definition) is 1. The molecule has 3 aliphatic rings. The zero-order chi connectivity index (χ0) is 27.4. The third-order valence-corrected chi connectivity index (χ3v) is 8.38. The molecule has 208 valence electrons. The maximum Gasteiger partial charge on any atom is 0.509 e. The quantitative estimate of drug-likeness (QED) is 0.314. The number of nitrogens with two attached hydrogens (primary N) is 1. The van der Waals surface area contributed by atoms with E-state index in [-0.39, 0.29) is 25.0 Å². The number of carbonyl (C=O) groups is 1. The predicted octanol–water partition coefficient (Wildman–Crippen LogP) is 3.96. The molecule has 14 nitrogen and oxygen atoms in total. The fourth-order valence-corrected chi connectivity index (χ4v) is 6.54. The van der Waals surface area contributed by atoms with E-state index in [4.69, 9.17) is 49.9 Å². The molecule has 0 unspecified atom stereocenters. The monoisotopic (exact) mass is 581 g/mol. The minimum atomic E-state index is -3.99. The number of ether oxygens (including phenoxy) is 4. The van der Waals surface area contributed by atoms with Crippen molar-refractivity contribution in [3.05, 3.63) is 41.2 Å². The first-order chi connectivity index (χ1) is 18.7. The number of carbonyl (C=O) groups excluding carboxylic acids is 1. The molecule has 0 radical (unpaired) electrons. The van der Waals surface area contributed by atoms with E-state index in [1.807, 2.05) is 6.07 Å². The Labute approximate surface area is 227 Å². The predicted molar refractivity (Wildman–Crippen MR) is 134 cm³/mol. The van der Waals surface area contributed by atoms with Crippen LogP contribution in [0.5, 0.6) is 5.88 Å². The third-order valence-electron chi connectivity index (χ3n) is 6.67. The number of hydrogen-bond acceptors (Lipinski definition) is 13. The van der Waals surface area contributed by atoms with Gasteiger partial charge in [-0.1, -0.05) is 23.7 Å². The van der Waals surface area contributed by atoms with E-state index in [9.17, 15) is 9.36 Å². The lowest BCUT2D eigenvalue weighted by Gasteiger charge is -2.30. The molecule has 5 heterocycles. The van der Waals surface area contributed by atoms with Crippen molar-refractivity contribution < 1.29 is 41.9 Å². The molecule has 3 aliphatic heterocycles. The van der Waals surface area contributed by atoms with Gasteiger partial charge in [-0.15, -0.1) is 0 Å². The molecule has 0 saturated carbocycles. The summed E-state index contributed by atoms with van der Waals surface area (Å²) >= 11 is 6.10. The zero-order valence-corrected chi connectivity index (χ0v) is 22.5. The lowest BCUT2D eigenvalue weighted by Crippen LogP contribution is -2.42. The minimum Gasteiger partial charge on any atom is -0.476 e. The van der Waals surface area contributed by atoms with E-state index >= 15 is 0 Å². The highest BCUT2D eigenvalue weighted by molar-refractivity contribution is 7.48. The van der Waals surface area contributed by atoms with Crippen molar-refractivity contribution in [1.29, 1.82) is 0 Å². The van der Waals surface area contributed by atoms with Crippen LogP contribution in [0, 0.1) is 0 Å². The summed E-state index contributed by atoms with van der Waals surface area (Å²) in [4.78, 5) is 25.0. The van der Waals surface area contributed by atoms with Crippen LogP contribution in [0.3, 0.4) is 0 Å². The van der Waals surface area contributed by atoms with Gasteiger partial charge < -0.3 is 24.7 Å². The van der Waals surface area contributed by atoms with Gasteiger partial charge in [0.15, 0.2) is 29.1 Å². The Balaban J connectivity index is 1.24. The number of rotatable bonds is 7. The van der Waals surface area contributed by atoms with E-state index < -0.39 is 44.1 Å². The topological polar surface area (TPSA) is 168 Å². The second kappa shape index (κ2) is 9.88. The van der Waals surface area contributed by atoms with E-state index in [0.29, 0.717) is 29.2 Å². The van der Waals surface area contributed by atoms with Crippen molar-refractivity contribution in [3.63, 3.8) is 0 Å². The molecule has 16 heteroatoms. The largest absolute Gasteiger partial charge is 0.509 e. The van der Waals surface area contributed by atoms with Crippen LogP contribution in [0.2, 0.25) is 5.02 Å². The van der Waals surface area contributed by atoms with Crippen LogP contribution >= 0.6 is 19.4 Å². The molecule has 3 aromatic rings. The lowest BCUT2D eigenvalue weighted by atomic mass is 9.96. The van der Waals surface area contributed by atoms with Crippen molar-refractivity contribution in [1.82, 2.24) is 19.5 Å². The van der Waals surface area contributed by atoms with Gasteiger partial charge in [-0.2, -0.15) is 9.97 Å². The number of aromatic nitrogens is 4. The smallest absolute Gasteiger partial charge is 0.476 e. The molecule has 2 aromatic heterocycles. The van der Waals surface area contributed by atoms with Crippen LogP contribution in [-0.4, -0.2) is 63.3 Å². The second-order valence-electron chi connectivity index (χ2n) is 9.26. The molecule has 2 N–H and O–H groups in total. The van der Waals surface area contributed by atoms with Gasteiger partial charge in [0.2, 0.25) is 11.8 Å². The zero-order valence-electron chi connectivity index (χ0n) is 20.9. The molecule has 0 bridgehead atoms. The number of phosphoric ester groups is 1. The molecular weight excluding hydrogens is 557 g/mol. The SMILES string of the molecule is CCOc1nc(N)nc2c1ncn2[C@@H]1O[C@H](CO[P@@]2(=O)OCC[C@@H](c3cccc(Cl)c3)O2)[C@H]2OC(=O)O[C@]21C. The first kappa shape index (κ1) is 26.2. The summed E-state index contributed by atoms with van der Waals surface area (Å²) < 4.78 is 54.5. The number of imidazole rings is 1. The number of phosphoric acid groups is 1. The van der Waals surface area contributed by atoms with Crippen LogP contribution < -0.4 is 10.5 Å². The third kappa shape index (κ3) is 4.71. The molecule has 3 saturated heterocycles. The van der Waals surface area contributed by atoms with E-state index in [2.05, 4.69) is 15.0 Å². The van der Waals surface area contributed by atoms with Gasteiger partial charge >= 0.3 is 14.0 Å². The molecule has 0 aliphatic carbocycles. The number of fused-ring (bicyclic) bond motifs is 2. The van der Waals surface area contributed by atoms with Gasteiger partial charge in [0, 0.05) is 11.4 Å². The highest BCUT2D eigenvalue weighted by Gasteiger charge is 2.64. The number of nitrogen functional groups attached to an aromatic ring is 1. The summed E-state index contributed by atoms with van der Waals surface area (Å²) in [5.74, 6) is 0.169. The van der Waals surface area contributed by atoms with Crippen molar-refractivity contribution in [3.8, 4) is 5.88 Å². The molecule has 0 spiro atoms. The van der Waals surface area contributed by atoms with Crippen LogP contribution in [-0.2, 0) is 32.3 Å². The maximum atomic E-state index is 13.4. The molecule has 3 fully saturated rings. The standard InChI is InChI=1S/C23H25ClN5O9P/c1-3-32-19-16-18(27-21(25)28-19)29(11-26-16)20-23(2)17(36-22(30)37-23)15(35-20)10-34-39(31)33-8-7-14(38-39)12-5-4-6-13(24)9-12/h4-6,9,11,14-15,17,20H,3,7-8,10H2,1-2H3,(H2,25,27,28)/t14-,15+,17+,20+,23+,39+/m0/s1. The first-order valence-electron chi connectivity index (χ1n) is 12.2. The number of nitrogens with zero attached hydrogens (tertiary/aromatic N) is 4. The fourth-order valence-electron chi connectivity index (χ4n) is 4.95.